The molecule has 6 nitrogen and oxygen atoms in total. The molecule has 3 fully saturated rings. The maximum atomic E-state index is 13.1. The van der Waals surface area contributed by atoms with Gasteiger partial charge in [-0.05, 0) is 58.4 Å². The van der Waals surface area contributed by atoms with Gasteiger partial charge in [0, 0.05) is 11.5 Å². The molecule has 1 amide bonds. The first kappa shape index (κ1) is 19.2. The summed E-state index contributed by atoms with van der Waals surface area (Å²) in [6.45, 7) is 5.64. The molecule has 0 heterocycles. The Kier molecular flexibility index (Phi) is 4.27. The summed E-state index contributed by atoms with van der Waals surface area (Å²) in [6.07, 6.45) is 2.80. The van der Waals surface area contributed by atoms with Gasteiger partial charge >= 0.3 is 12.1 Å². The summed E-state index contributed by atoms with van der Waals surface area (Å²) < 4.78 is 11.0. The van der Waals surface area contributed by atoms with Gasteiger partial charge in [-0.1, -0.05) is 30.3 Å². The van der Waals surface area contributed by atoms with Crippen LogP contribution in [-0.2, 0) is 20.9 Å². The molecular weight excluding hydrogens is 358 g/mol. The Hall–Kier alpha value is -2.08. The molecule has 0 radical (unpaired) electrons. The van der Waals surface area contributed by atoms with E-state index in [0.29, 0.717) is 19.3 Å². The second-order valence-corrected chi connectivity index (χ2v) is 9.51. The van der Waals surface area contributed by atoms with Crippen LogP contribution in [0, 0.1) is 10.8 Å². The zero-order valence-electron chi connectivity index (χ0n) is 16.8. The zero-order chi connectivity index (χ0) is 20.2. The standard InChI is InChI=1S/C22H29NO5/c1-19(2,3)28-18(25)23-16-12-20-10-7-11-22(20,26)21(20,13-16)17(24)27-14-15-8-5-4-6-9-15/h4-6,8-9,16,26H,7,10-14H2,1-3H3,(H,23,25)/t16-,20?,21-,22?/m1/s1. The molecule has 0 saturated heterocycles. The third-order valence-electron chi connectivity index (χ3n) is 6.82. The molecule has 28 heavy (non-hydrogen) atoms. The number of nitrogens with one attached hydrogen (secondary N) is 1. The zero-order valence-corrected chi connectivity index (χ0v) is 16.8. The number of hydrogen-bond donors (Lipinski definition) is 2. The van der Waals surface area contributed by atoms with Crippen molar-refractivity contribution >= 4 is 12.1 Å². The van der Waals surface area contributed by atoms with Crippen molar-refractivity contribution < 1.29 is 24.2 Å². The third-order valence-corrected chi connectivity index (χ3v) is 6.82. The van der Waals surface area contributed by atoms with Gasteiger partial charge in [0.15, 0.2) is 0 Å². The average Bonchev–Trinajstić information content (AvgIpc) is 2.93. The second kappa shape index (κ2) is 6.21. The first-order chi connectivity index (χ1) is 13.1. The fourth-order valence-corrected chi connectivity index (χ4v) is 5.89. The van der Waals surface area contributed by atoms with Gasteiger partial charge in [0.1, 0.15) is 17.6 Å². The Balaban J connectivity index is 1.47. The summed E-state index contributed by atoms with van der Waals surface area (Å²) in [4.78, 5) is 25.3. The molecule has 3 aliphatic rings. The molecule has 0 aromatic heterocycles. The average molecular weight is 387 g/mol. The number of aliphatic hydroxyl groups is 1. The highest BCUT2D eigenvalue weighted by Gasteiger charge is 2.94. The van der Waals surface area contributed by atoms with Crippen molar-refractivity contribution in [2.45, 2.75) is 76.7 Å². The van der Waals surface area contributed by atoms with Crippen LogP contribution in [0.5, 0.6) is 0 Å². The topological polar surface area (TPSA) is 84.9 Å². The first-order valence-electron chi connectivity index (χ1n) is 10.1. The normalized spacial score (nSPS) is 35.6. The van der Waals surface area contributed by atoms with Crippen LogP contribution in [0.3, 0.4) is 0 Å². The lowest BCUT2D eigenvalue weighted by Gasteiger charge is -2.26. The van der Waals surface area contributed by atoms with Crippen molar-refractivity contribution in [1.82, 2.24) is 5.32 Å². The van der Waals surface area contributed by atoms with Gasteiger partial charge in [-0.25, -0.2) is 4.79 Å². The van der Waals surface area contributed by atoms with Crippen molar-refractivity contribution in [3.05, 3.63) is 35.9 Å². The summed E-state index contributed by atoms with van der Waals surface area (Å²) in [5, 5.41) is 14.1. The minimum atomic E-state index is -1.00. The number of benzene rings is 1. The number of esters is 1. The molecule has 1 spiro atoms. The van der Waals surface area contributed by atoms with Crippen molar-refractivity contribution in [2.75, 3.05) is 0 Å². The number of ether oxygens (including phenoxy) is 2. The van der Waals surface area contributed by atoms with E-state index < -0.39 is 28.1 Å². The molecule has 3 saturated carbocycles. The van der Waals surface area contributed by atoms with Crippen molar-refractivity contribution in [2.24, 2.45) is 10.8 Å². The number of hydrogen-bond acceptors (Lipinski definition) is 5. The van der Waals surface area contributed by atoms with E-state index in [1.54, 1.807) is 0 Å². The van der Waals surface area contributed by atoms with Gasteiger partial charge in [0.2, 0.25) is 0 Å². The lowest BCUT2D eigenvalue weighted by molar-refractivity contribution is -0.156. The Morgan fingerprint density at radius 1 is 1.18 bits per heavy atom. The number of amides is 1. The summed E-state index contributed by atoms with van der Waals surface area (Å²) in [6, 6.07) is 9.33. The molecule has 3 aliphatic carbocycles. The molecule has 6 heteroatoms. The van der Waals surface area contributed by atoms with Gasteiger partial charge in [-0.2, -0.15) is 0 Å². The van der Waals surface area contributed by atoms with Crippen LogP contribution in [-0.4, -0.2) is 34.4 Å². The first-order valence-corrected chi connectivity index (χ1v) is 10.1. The molecule has 1 aromatic rings. The summed E-state index contributed by atoms with van der Waals surface area (Å²) in [5.74, 6) is -0.341. The minimum Gasteiger partial charge on any atom is -0.460 e. The Morgan fingerprint density at radius 2 is 1.89 bits per heavy atom. The smallest absolute Gasteiger partial charge is 0.407 e. The lowest BCUT2D eigenvalue weighted by Crippen LogP contribution is -2.42. The van der Waals surface area contributed by atoms with E-state index >= 15 is 0 Å². The van der Waals surface area contributed by atoms with E-state index in [-0.39, 0.29) is 18.6 Å². The molecule has 152 valence electrons. The van der Waals surface area contributed by atoms with Crippen molar-refractivity contribution in [1.29, 1.82) is 0 Å². The monoisotopic (exact) mass is 387 g/mol. The molecule has 0 aliphatic heterocycles. The summed E-state index contributed by atoms with van der Waals surface area (Å²) in [7, 11) is 0. The summed E-state index contributed by atoms with van der Waals surface area (Å²) >= 11 is 0. The molecule has 4 rings (SSSR count). The molecule has 4 atom stereocenters. The number of carbonyl (C=O) groups is 2. The maximum Gasteiger partial charge on any atom is 0.407 e. The Bertz CT molecular complexity index is 788. The van der Waals surface area contributed by atoms with E-state index in [9.17, 15) is 14.7 Å². The Labute approximate surface area is 165 Å². The molecule has 1 aromatic carbocycles. The van der Waals surface area contributed by atoms with Crippen LogP contribution in [0.1, 0.15) is 58.4 Å². The van der Waals surface area contributed by atoms with E-state index in [1.165, 1.54) is 0 Å². The van der Waals surface area contributed by atoms with E-state index in [1.807, 2.05) is 51.1 Å². The number of carbonyl (C=O) groups excluding carboxylic acids is 2. The molecule has 2 unspecified atom stereocenters. The molecule has 2 N–H and O–H groups in total. The van der Waals surface area contributed by atoms with Crippen molar-refractivity contribution in [3.63, 3.8) is 0 Å². The third kappa shape index (κ3) is 2.65. The van der Waals surface area contributed by atoms with Crippen LogP contribution in [0.4, 0.5) is 4.79 Å². The SMILES string of the molecule is CC(C)(C)OC(=O)N[C@@H]1CC23CCCC2(O)[C@@]3(C(=O)OCc2ccccc2)C1. The quantitative estimate of drug-likeness (QED) is 0.774. The van der Waals surface area contributed by atoms with Gasteiger partial charge in [-0.15, -0.1) is 0 Å². The van der Waals surface area contributed by atoms with Gasteiger partial charge in [0.25, 0.3) is 0 Å². The predicted molar refractivity (Wildman–Crippen MR) is 102 cm³/mol. The van der Waals surface area contributed by atoms with Crippen LogP contribution >= 0.6 is 0 Å². The highest BCUT2D eigenvalue weighted by atomic mass is 16.6. The number of alkyl carbamates (subject to hydrolysis) is 1. The predicted octanol–water partition coefficient (Wildman–Crippen LogP) is 3.32. The Morgan fingerprint density at radius 3 is 2.57 bits per heavy atom. The molecule has 0 bridgehead atoms. The number of fused-ring (bicyclic) bond motifs is 1. The van der Waals surface area contributed by atoms with E-state index in [0.717, 1.165) is 18.4 Å². The molecular formula is C22H29NO5. The van der Waals surface area contributed by atoms with Crippen LogP contribution in [0.15, 0.2) is 30.3 Å². The minimum absolute atomic E-state index is 0.192. The highest BCUT2D eigenvalue weighted by molar-refractivity contribution is 5.87. The maximum absolute atomic E-state index is 13.1. The lowest BCUT2D eigenvalue weighted by atomic mass is 9.90. The van der Waals surface area contributed by atoms with Crippen LogP contribution < -0.4 is 5.32 Å². The van der Waals surface area contributed by atoms with Crippen molar-refractivity contribution in [3.8, 4) is 0 Å². The second-order valence-electron chi connectivity index (χ2n) is 9.51. The summed E-state index contributed by atoms with van der Waals surface area (Å²) in [5.41, 5.74) is -2.05. The van der Waals surface area contributed by atoms with Crippen LogP contribution in [0.2, 0.25) is 0 Å². The van der Waals surface area contributed by atoms with Gasteiger partial charge < -0.3 is 19.9 Å². The van der Waals surface area contributed by atoms with E-state index in [2.05, 4.69) is 5.32 Å². The highest BCUT2D eigenvalue weighted by Crippen LogP contribution is 2.86. The fraction of sp³-hybridized carbons (Fsp3) is 0.636. The number of rotatable bonds is 4. The van der Waals surface area contributed by atoms with Crippen LogP contribution in [0.25, 0.3) is 0 Å². The fourth-order valence-electron chi connectivity index (χ4n) is 5.89. The van der Waals surface area contributed by atoms with Gasteiger partial charge in [0.05, 0.1) is 5.60 Å². The van der Waals surface area contributed by atoms with Gasteiger partial charge in [-0.3, -0.25) is 4.79 Å². The largest absolute Gasteiger partial charge is 0.460 e. The van der Waals surface area contributed by atoms with E-state index in [4.69, 9.17) is 9.47 Å².